The fourth-order valence-electron chi connectivity index (χ4n) is 1.25. The second kappa shape index (κ2) is 6.14. The van der Waals surface area contributed by atoms with Crippen molar-refractivity contribution < 1.29 is 0 Å². The molecule has 0 fully saturated rings. The highest BCUT2D eigenvalue weighted by atomic mass is 32.1. The lowest BCUT2D eigenvalue weighted by atomic mass is 10.2. The van der Waals surface area contributed by atoms with Crippen LogP contribution in [0, 0.1) is 6.92 Å². The summed E-state index contributed by atoms with van der Waals surface area (Å²) in [6.07, 6.45) is 3.51. The van der Waals surface area contributed by atoms with Crippen LogP contribution in [0.3, 0.4) is 0 Å². The molecule has 0 bridgehead atoms. The van der Waals surface area contributed by atoms with Crippen molar-refractivity contribution in [3.8, 4) is 0 Å². The van der Waals surface area contributed by atoms with E-state index in [0.717, 1.165) is 18.7 Å². The Morgan fingerprint density at radius 1 is 1.57 bits per heavy atom. The van der Waals surface area contributed by atoms with Gasteiger partial charge in [-0.25, -0.2) is 4.98 Å². The zero-order valence-electron chi connectivity index (χ0n) is 9.34. The minimum absolute atomic E-state index is 0.646. The number of nitrogens with one attached hydrogen (secondary N) is 1. The van der Waals surface area contributed by atoms with Crippen molar-refractivity contribution in [1.29, 1.82) is 0 Å². The van der Waals surface area contributed by atoms with Crippen LogP contribution in [0.1, 0.15) is 37.4 Å². The first-order valence-electron chi connectivity index (χ1n) is 5.36. The van der Waals surface area contributed by atoms with E-state index >= 15 is 0 Å². The Morgan fingerprint density at radius 2 is 2.36 bits per heavy atom. The van der Waals surface area contributed by atoms with E-state index in [2.05, 4.69) is 36.5 Å². The third-order valence-electron chi connectivity index (χ3n) is 2.34. The monoisotopic (exact) mass is 212 g/mol. The molecule has 0 radical (unpaired) electrons. The van der Waals surface area contributed by atoms with Crippen LogP contribution in [0.15, 0.2) is 5.38 Å². The number of aryl methyl sites for hydroxylation is 2. The highest BCUT2D eigenvalue weighted by Crippen LogP contribution is 2.10. The van der Waals surface area contributed by atoms with Gasteiger partial charge in [-0.1, -0.05) is 6.92 Å². The Kier molecular flexibility index (Phi) is 5.12. The maximum atomic E-state index is 4.44. The topological polar surface area (TPSA) is 24.9 Å². The van der Waals surface area contributed by atoms with Crippen LogP contribution >= 0.6 is 11.3 Å². The molecule has 0 saturated heterocycles. The first kappa shape index (κ1) is 11.7. The zero-order valence-corrected chi connectivity index (χ0v) is 10.2. The molecule has 0 spiro atoms. The van der Waals surface area contributed by atoms with Gasteiger partial charge in [-0.2, -0.15) is 0 Å². The van der Waals surface area contributed by atoms with E-state index in [1.54, 1.807) is 11.3 Å². The highest BCUT2D eigenvalue weighted by molar-refractivity contribution is 7.09. The Balaban J connectivity index is 2.10. The van der Waals surface area contributed by atoms with E-state index < -0.39 is 0 Å². The average molecular weight is 212 g/mol. The molecule has 0 aromatic carbocycles. The average Bonchev–Trinajstić information content (AvgIpc) is 2.58. The number of aromatic nitrogens is 1. The molecule has 1 aromatic rings. The Hall–Kier alpha value is -0.410. The lowest BCUT2D eigenvalue weighted by Crippen LogP contribution is -2.26. The van der Waals surface area contributed by atoms with Crippen molar-refractivity contribution in [3.05, 3.63) is 16.1 Å². The Morgan fingerprint density at radius 3 is 2.93 bits per heavy atom. The predicted octanol–water partition coefficient (Wildman–Crippen LogP) is 2.77. The molecule has 0 amide bonds. The van der Waals surface area contributed by atoms with Crippen LogP contribution in [-0.2, 0) is 6.42 Å². The predicted molar refractivity (Wildman–Crippen MR) is 62.9 cm³/mol. The minimum atomic E-state index is 0.646. The van der Waals surface area contributed by atoms with Gasteiger partial charge in [0.15, 0.2) is 0 Å². The lowest BCUT2D eigenvalue weighted by molar-refractivity contribution is 0.524. The van der Waals surface area contributed by atoms with Crippen LogP contribution in [0.4, 0.5) is 0 Å². The molecule has 0 aliphatic carbocycles. The maximum absolute atomic E-state index is 4.44. The van der Waals surface area contributed by atoms with Gasteiger partial charge in [0, 0.05) is 23.5 Å². The number of thiazole rings is 1. The fraction of sp³-hybridized carbons (Fsp3) is 0.727. The van der Waals surface area contributed by atoms with Gasteiger partial charge < -0.3 is 5.32 Å². The van der Waals surface area contributed by atoms with Crippen molar-refractivity contribution in [2.45, 2.75) is 46.1 Å². The van der Waals surface area contributed by atoms with Gasteiger partial charge in [0.25, 0.3) is 0 Å². The van der Waals surface area contributed by atoms with E-state index in [1.807, 2.05) is 0 Å². The van der Waals surface area contributed by atoms with E-state index in [1.165, 1.54) is 17.8 Å². The summed E-state index contributed by atoms with van der Waals surface area (Å²) in [6, 6.07) is 0.646. The molecular formula is C11H20N2S. The Bertz CT molecular complexity index is 258. The third kappa shape index (κ3) is 4.20. The molecule has 80 valence electrons. The first-order chi connectivity index (χ1) is 6.72. The summed E-state index contributed by atoms with van der Waals surface area (Å²) in [6.45, 7) is 7.60. The number of hydrogen-bond acceptors (Lipinski definition) is 3. The molecule has 1 unspecified atom stereocenters. The van der Waals surface area contributed by atoms with Gasteiger partial charge in [0.05, 0.1) is 5.01 Å². The van der Waals surface area contributed by atoms with Crippen LogP contribution in [0.2, 0.25) is 0 Å². The number of hydrogen-bond donors (Lipinski definition) is 1. The number of rotatable bonds is 6. The molecule has 2 nitrogen and oxygen atoms in total. The summed E-state index contributed by atoms with van der Waals surface area (Å²) in [4.78, 5) is 4.44. The van der Waals surface area contributed by atoms with Crippen molar-refractivity contribution in [2.24, 2.45) is 0 Å². The van der Waals surface area contributed by atoms with Gasteiger partial charge in [-0.3, -0.25) is 0 Å². The van der Waals surface area contributed by atoms with E-state index in [-0.39, 0.29) is 0 Å². The smallest absolute Gasteiger partial charge is 0.0928 e. The molecule has 1 rings (SSSR count). The van der Waals surface area contributed by atoms with Crippen molar-refractivity contribution in [3.63, 3.8) is 0 Å². The quantitative estimate of drug-likeness (QED) is 0.733. The van der Waals surface area contributed by atoms with Crippen LogP contribution < -0.4 is 5.32 Å². The zero-order chi connectivity index (χ0) is 10.4. The molecule has 14 heavy (non-hydrogen) atoms. The van der Waals surface area contributed by atoms with Crippen molar-refractivity contribution >= 4 is 11.3 Å². The van der Waals surface area contributed by atoms with Gasteiger partial charge in [-0.05, 0) is 33.2 Å². The molecule has 1 atom stereocenters. The summed E-state index contributed by atoms with van der Waals surface area (Å²) < 4.78 is 0. The standard InChI is InChI=1S/C11H20N2S/c1-4-9(2)12-7-5-6-11-13-10(3)8-14-11/h8-9,12H,4-7H2,1-3H3. The molecule has 0 aliphatic rings. The van der Waals surface area contributed by atoms with Crippen LogP contribution in [0.5, 0.6) is 0 Å². The fourth-order valence-corrected chi connectivity index (χ4v) is 2.07. The minimum Gasteiger partial charge on any atom is -0.314 e. The van der Waals surface area contributed by atoms with Crippen molar-refractivity contribution in [1.82, 2.24) is 10.3 Å². The van der Waals surface area contributed by atoms with E-state index in [4.69, 9.17) is 0 Å². The third-order valence-corrected chi connectivity index (χ3v) is 3.37. The van der Waals surface area contributed by atoms with E-state index in [9.17, 15) is 0 Å². The molecule has 1 aromatic heterocycles. The molecule has 0 aliphatic heterocycles. The second-order valence-electron chi connectivity index (χ2n) is 3.75. The molecule has 3 heteroatoms. The second-order valence-corrected chi connectivity index (χ2v) is 4.69. The molecule has 0 saturated carbocycles. The summed E-state index contributed by atoms with van der Waals surface area (Å²) in [5, 5.41) is 6.88. The van der Waals surface area contributed by atoms with Crippen molar-refractivity contribution in [2.75, 3.05) is 6.54 Å². The largest absolute Gasteiger partial charge is 0.314 e. The SMILES string of the molecule is CCC(C)NCCCc1nc(C)cs1. The summed E-state index contributed by atoms with van der Waals surface area (Å²) in [7, 11) is 0. The summed E-state index contributed by atoms with van der Waals surface area (Å²) >= 11 is 1.78. The lowest BCUT2D eigenvalue weighted by Gasteiger charge is -2.09. The highest BCUT2D eigenvalue weighted by Gasteiger charge is 1.99. The van der Waals surface area contributed by atoms with E-state index in [0.29, 0.717) is 6.04 Å². The van der Waals surface area contributed by atoms with Gasteiger partial charge in [0.2, 0.25) is 0 Å². The van der Waals surface area contributed by atoms with Gasteiger partial charge in [-0.15, -0.1) is 11.3 Å². The maximum Gasteiger partial charge on any atom is 0.0928 e. The molecule has 1 N–H and O–H groups in total. The summed E-state index contributed by atoms with van der Waals surface area (Å²) in [5.74, 6) is 0. The normalized spacial score (nSPS) is 13.1. The first-order valence-corrected chi connectivity index (χ1v) is 6.24. The number of nitrogens with zero attached hydrogens (tertiary/aromatic N) is 1. The summed E-state index contributed by atoms with van der Waals surface area (Å²) in [5.41, 5.74) is 1.15. The van der Waals surface area contributed by atoms with Crippen LogP contribution in [0.25, 0.3) is 0 Å². The molecule has 1 heterocycles. The van der Waals surface area contributed by atoms with Gasteiger partial charge in [0.1, 0.15) is 0 Å². The molecular weight excluding hydrogens is 192 g/mol. The van der Waals surface area contributed by atoms with Crippen LogP contribution in [-0.4, -0.2) is 17.6 Å². The Labute approximate surface area is 90.8 Å². The van der Waals surface area contributed by atoms with Gasteiger partial charge >= 0.3 is 0 Å².